The molecular formula is C14H20N4O2. The highest BCUT2D eigenvalue weighted by molar-refractivity contribution is 6.03. The second-order valence-corrected chi connectivity index (χ2v) is 5.07. The molecule has 0 unspecified atom stereocenters. The average Bonchev–Trinajstić information content (AvgIpc) is 2.41. The van der Waals surface area contributed by atoms with Gasteiger partial charge in [0.05, 0.1) is 17.8 Å². The lowest BCUT2D eigenvalue weighted by atomic mass is 10.1. The minimum Gasteiger partial charge on any atom is -0.366 e. The summed E-state index contributed by atoms with van der Waals surface area (Å²) in [5.41, 5.74) is 11.9. The molecule has 1 aromatic rings. The van der Waals surface area contributed by atoms with E-state index in [1.165, 1.54) is 0 Å². The van der Waals surface area contributed by atoms with Crippen LogP contribution in [0.2, 0.25) is 0 Å². The van der Waals surface area contributed by atoms with Crippen LogP contribution in [0.3, 0.4) is 0 Å². The molecule has 1 fully saturated rings. The molecule has 0 radical (unpaired) electrons. The Labute approximate surface area is 118 Å². The van der Waals surface area contributed by atoms with Crippen LogP contribution in [0.5, 0.6) is 0 Å². The number of piperidine rings is 1. The largest absolute Gasteiger partial charge is 0.366 e. The number of carbonyl (C=O) groups excluding carboxylic acids is 2. The minimum atomic E-state index is -0.551. The smallest absolute Gasteiger partial charge is 0.250 e. The number of nitrogens with one attached hydrogen (secondary N) is 1. The summed E-state index contributed by atoms with van der Waals surface area (Å²) in [6.45, 7) is 1.96. The number of carbonyl (C=O) groups is 2. The maximum absolute atomic E-state index is 12.0. The highest BCUT2D eigenvalue weighted by Crippen LogP contribution is 2.14. The van der Waals surface area contributed by atoms with Crippen LogP contribution in [0.15, 0.2) is 24.3 Å². The Morgan fingerprint density at radius 1 is 1.25 bits per heavy atom. The van der Waals surface area contributed by atoms with Crippen LogP contribution in [0.4, 0.5) is 5.69 Å². The predicted octanol–water partition coefficient (Wildman–Crippen LogP) is 0.147. The molecule has 1 heterocycles. The highest BCUT2D eigenvalue weighted by Gasteiger charge is 2.19. The number of primary amides is 1. The standard InChI is InChI=1S/C14H20N4O2/c15-10-5-7-18(8-6-10)9-13(19)17-12-4-2-1-3-11(12)14(16)20/h1-4,10H,5-9,15H2,(H2,16,20)(H,17,19). The molecule has 0 saturated carbocycles. The Morgan fingerprint density at radius 3 is 2.55 bits per heavy atom. The van der Waals surface area contributed by atoms with Gasteiger partial charge in [-0.1, -0.05) is 12.1 Å². The van der Waals surface area contributed by atoms with Gasteiger partial charge in [-0.3, -0.25) is 14.5 Å². The molecule has 6 nitrogen and oxygen atoms in total. The van der Waals surface area contributed by atoms with Crippen molar-refractivity contribution in [2.75, 3.05) is 25.0 Å². The molecule has 20 heavy (non-hydrogen) atoms. The van der Waals surface area contributed by atoms with Crippen molar-refractivity contribution >= 4 is 17.5 Å². The van der Waals surface area contributed by atoms with Crippen LogP contribution in [0, 0.1) is 0 Å². The number of nitrogens with zero attached hydrogens (tertiary/aromatic N) is 1. The molecule has 108 valence electrons. The number of nitrogens with two attached hydrogens (primary N) is 2. The van der Waals surface area contributed by atoms with E-state index < -0.39 is 5.91 Å². The summed E-state index contributed by atoms with van der Waals surface area (Å²) in [6.07, 6.45) is 1.82. The number of benzene rings is 1. The van der Waals surface area contributed by atoms with Gasteiger partial charge in [0.1, 0.15) is 0 Å². The molecule has 1 aliphatic heterocycles. The van der Waals surface area contributed by atoms with Crippen LogP contribution >= 0.6 is 0 Å². The number of para-hydroxylation sites is 1. The Hall–Kier alpha value is -1.92. The fraction of sp³-hybridized carbons (Fsp3) is 0.429. The molecule has 2 rings (SSSR count). The van der Waals surface area contributed by atoms with Crippen LogP contribution in [-0.4, -0.2) is 42.4 Å². The molecule has 1 saturated heterocycles. The van der Waals surface area contributed by atoms with Crippen molar-refractivity contribution in [1.82, 2.24) is 4.90 Å². The van der Waals surface area contributed by atoms with Gasteiger partial charge in [0.25, 0.3) is 5.91 Å². The second kappa shape index (κ2) is 6.49. The van der Waals surface area contributed by atoms with Crippen molar-refractivity contribution in [1.29, 1.82) is 0 Å². The van der Waals surface area contributed by atoms with Gasteiger partial charge in [0.2, 0.25) is 5.91 Å². The van der Waals surface area contributed by atoms with E-state index in [0.29, 0.717) is 17.8 Å². The summed E-state index contributed by atoms with van der Waals surface area (Å²) in [5.74, 6) is -0.695. The van der Waals surface area contributed by atoms with E-state index in [4.69, 9.17) is 11.5 Å². The molecule has 1 aliphatic rings. The first-order chi connectivity index (χ1) is 9.56. The molecule has 0 aromatic heterocycles. The Morgan fingerprint density at radius 2 is 1.90 bits per heavy atom. The number of hydrogen-bond acceptors (Lipinski definition) is 4. The highest BCUT2D eigenvalue weighted by atomic mass is 16.2. The minimum absolute atomic E-state index is 0.144. The van der Waals surface area contributed by atoms with Gasteiger partial charge >= 0.3 is 0 Å². The molecule has 0 bridgehead atoms. The predicted molar refractivity (Wildman–Crippen MR) is 77.2 cm³/mol. The molecule has 0 spiro atoms. The first kappa shape index (κ1) is 14.5. The van der Waals surface area contributed by atoms with Crippen LogP contribution in [0.1, 0.15) is 23.2 Å². The summed E-state index contributed by atoms with van der Waals surface area (Å²) >= 11 is 0. The molecule has 1 aromatic carbocycles. The maximum Gasteiger partial charge on any atom is 0.250 e. The number of rotatable bonds is 4. The van der Waals surface area contributed by atoms with Crippen LogP contribution in [-0.2, 0) is 4.79 Å². The molecule has 5 N–H and O–H groups in total. The monoisotopic (exact) mass is 276 g/mol. The van der Waals surface area contributed by atoms with E-state index in [1.54, 1.807) is 24.3 Å². The Kier molecular flexibility index (Phi) is 4.70. The van der Waals surface area contributed by atoms with Gasteiger partial charge in [-0.25, -0.2) is 0 Å². The van der Waals surface area contributed by atoms with Crippen molar-refractivity contribution in [3.05, 3.63) is 29.8 Å². The normalized spacial score (nSPS) is 16.9. The Bertz CT molecular complexity index is 496. The van der Waals surface area contributed by atoms with E-state index in [0.717, 1.165) is 25.9 Å². The lowest BCUT2D eigenvalue weighted by molar-refractivity contribution is -0.117. The zero-order valence-electron chi connectivity index (χ0n) is 11.3. The van der Waals surface area contributed by atoms with E-state index >= 15 is 0 Å². The number of hydrogen-bond donors (Lipinski definition) is 3. The van der Waals surface area contributed by atoms with Gasteiger partial charge < -0.3 is 16.8 Å². The van der Waals surface area contributed by atoms with Crippen molar-refractivity contribution < 1.29 is 9.59 Å². The summed E-state index contributed by atoms with van der Waals surface area (Å²) in [7, 11) is 0. The third kappa shape index (κ3) is 3.79. The van der Waals surface area contributed by atoms with Crippen molar-refractivity contribution in [2.24, 2.45) is 11.5 Å². The van der Waals surface area contributed by atoms with E-state index in [-0.39, 0.29) is 11.9 Å². The molecule has 6 heteroatoms. The number of anilines is 1. The van der Waals surface area contributed by atoms with Crippen molar-refractivity contribution in [3.8, 4) is 0 Å². The van der Waals surface area contributed by atoms with Gasteiger partial charge in [0.15, 0.2) is 0 Å². The van der Waals surface area contributed by atoms with E-state index in [1.807, 2.05) is 0 Å². The van der Waals surface area contributed by atoms with Gasteiger partial charge in [-0.2, -0.15) is 0 Å². The lowest BCUT2D eigenvalue weighted by Crippen LogP contribution is -2.43. The average molecular weight is 276 g/mol. The third-order valence-electron chi connectivity index (χ3n) is 3.47. The van der Waals surface area contributed by atoms with E-state index in [2.05, 4.69) is 10.2 Å². The maximum atomic E-state index is 12.0. The topological polar surface area (TPSA) is 101 Å². The molecule has 0 aliphatic carbocycles. The zero-order valence-corrected chi connectivity index (χ0v) is 11.3. The van der Waals surface area contributed by atoms with E-state index in [9.17, 15) is 9.59 Å². The van der Waals surface area contributed by atoms with Crippen molar-refractivity contribution in [3.63, 3.8) is 0 Å². The summed E-state index contributed by atoms with van der Waals surface area (Å²) in [6, 6.07) is 6.97. The number of likely N-dealkylation sites (tertiary alicyclic amines) is 1. The summed E-state index contributed by atoms with van der Waals surface area (Å²) in [5, 5.41) is 2.74. The van der Waals surface area contributed by atoms with Crippen molar-refractivity contribution in [2.45, 2.75) is 18.9 Å². The second-order valence-electron chi connectivity index (χ2n) is 5.07. The third-order valence-corrected chi connectivity index (χ3v) is 3.47. The first-order valence-corrected chi connectivity index (χ1v) is 6.73. The Balaban J connectivity index is 1.93. The van der Waals surface area contributed by atoms with Crippen LogP contribution < -0.4 is 16.8 Å². The first-order valence-electron chi connectivity index (χ1n) is 6.73. The number of amides is 2. The van der Waals surface area contributed by atoms with Crippen LogP contribution in [0.25, 0.3) is 0 Å². The zero-order chi connectivity index (χ0) is 14.5. The van der Waals surface area contributed by atoms with Gasteiger partial charge in [-0.05, 0) is 25.0 Å². The van der Waals surface area contributed by atoms with Gasteiger partial charge in [0, 0.05) is 19.1 Å². The molecule has 2 amide bonds. The quantitative estimate of drug-likeness (QED) is 0.728. The summed E-state index contributed by atoms with van der Waals surface area (Å²) in [4.78, 5) is 25.3. The lowest BCUT2D eigenvalue weighted by Gasteiger charge is -2.29. The SMILES string of the molecule is NC(=O)c1ccccc1NC(=O)CN1CCC(N)CC1. The molecule has 0 atom stereocenters. The van der Waals surface area contributed by atoms with Gasteiger partial charge in [-0.15, -0.1) is 0 Å². The fourth-order valence-corrected chi connectivity index (χ4v) is 2.31. The summed E-state index contributed by atoms with van der Waals surface area (Å²) < 4.78 is 0. The molecular weight excluding hydrogens is 256 g/mol. The fourth-order valence-electron chi connectivity index (χ4n) is 2.31.